The Morgan fingerprint density at radius 1 is 0.867 bits per heavy atom. The van der Waals surface area contributed by atoms with Gasteiger partial charge < -0.3 is 0 Å². The van der Waals surface area contributed by atoms with E-state index in [2.05, 4.69) is 34.6 Å². The number of hydrogen-bond donors (Lipinski definition) is 0. The zero-order chi connectivity index (χ0) is 11.9. The molecule has 0 radical (unpaired) electrons. The molecule has 15 heavy (non-hydrogen) atoms. The SMILES string of the molecule is CCCCCCC[C]([SnH3])(C(C)C)C(C)C. The van der Waals surface area contributed by atoms with Crippen LogP contribution in [0.15, 0.2) is 0 Å². The summed E-state index contributed by atoms with van der Waals surface area (Å²) < 4.78 is 0.758. The summed E-state index contributed by atoms with van der Waals surface area (Å²) in [5, 5.41) is 0. The van der Waals surface area contributed by atoms with Crippen LogP contribution in [0.4, 0.5) is 0 Å². The Morgan fingerprint density at radius 3 is 1.73 bits per heavy atom. The fraction of sp³-hybridized carbons (Fsp3) is 1.00. The maximum atomic E-state index is 2.43. The first-order valence-electron chi connectivity index (χ1n) is 6.95. The molecule has 0 bridgehead atoms. The Kier molecular flexibility index (Phi) is 8.40. The molecule has 0 fully saturated rings. The normalized spacial score (nSPS) is 13.0. The molecule has 0 nitrogen and oxygen atoms in total. The van der Waals surface area contributed by atoms with Crippen molar-refractivity contribution >= 4 is 22.5 Å². The van der Waals surface area contributed by atoms with Gasteiger partial charge in [0.15, 0.2) is 0 Å². The molecule has 0 amide bonds. The van der Waals surface area contributed by atoms with E-state index >= 15 is 0 Å². The Balaban J connectivity index is 3.88. The first kappa shape index (κ1) is 15.8. The molecule has 0 aliphatic rings. The molecule has 1 heteroatoms. The first-order valence-corrected chi connectivity index (χ1v) is 9.80. The van der Waals surface area contributed by atoms with Gasteiger partial charge in [-0.3, -0.25) is 0 Å². The van der Waals surface area contributed by atoms with Crippen molar-refractivity contribution in [3.63, 3.8) is 0 Å². The van der Waals surface area contributed by atoms with E-state index in [0.717, 1.165) is 37.8 Å². The fourth-order valence-corrected chi connectivity index (χ4v) is 3.36. The van der Waals surface area contributed by atoms with Crippen molar-refractivity contribution in [1.82, 2.24) is 0 Å². The third kappa shape index (κ3) is 5.60. The second-order valence-electron chi connectivity index (χ2n) is 5.98. The van der Waals surface area contributed by atoms with Gasteiger partial charge >= 0.3 is 111 Å². The molecular formula is C14H32Sn. The molecule has 0 rings (SSSR count). The first-order chi connectivity index (χ1) is 6.95. The van der Waals surface area contributed by atoms with E-state index in [4.69, 9.17) is 0 Å². The van der Waals surface area contributed by atoms with Crippen molar-refractivity contribution in [1.29, 1.82) is 0 Å². The molecule has 0 saturated heterocycles. The number of unbranched alkanes of at least 4 members (excludes halogenated alkanes) is 4. The van der Waals surface area contributed by atoms with E-state index in [1.54, 1.807) is 0 Å². The number of rotatable bonds is 8. The Bertz CT molecular complexity index is 141. The molecule has 0 aromatic rings. The molecule has 92 valence electrons. The van der Waals surface area contributed by atoms with E-state index in [1.807, 2.05) is 0 Å². The molecule has 0 unspecified atom stereocenters. The van der Waals surface area contributed by atoms with Crippen molar-refractivity contribution in [2.75, 3.05) is 0 Å². The summed E-state index contributed by atoms with van der Waals surface area (Å²) in [4.78, 5) is 0. The van der Waals surface area contributed by atoms with Crippen LogP contribution in [0.2, 0.25) is 3.43 Å². The molecule has 0 saturated carbocycles. The summed E-state index contributed by atoms with van der Waals surface area (Å²) in [5.74, 6) is 1.80. The van der Waals surface area contributed by atoms with Crippen LogP contribution in [-0.2, 0) is 0 Å². The van der Waals surface area contributed by atoms with Crippen molar-refractivity contribution in [2.45, 2.75) is 76.6 Å². The summed E-state index contributed by atoms with van der Waals surface area (Å²) >= 11 is 0.784. The van der Waals surface area contributed by atoms with Gasteiger partial charge in [0.2, 0.25) is 0 Å². The molecule has 0 atom stereocenters. The molecule has 0 aliphatic carbocycles. The van der Waals surface area contributed by atoms with Crippen LogP contribution < -0.4 is 0 Å². The van der Waals surface area contributed by atoms with Crippen LogP contribution in [0, 0.1) is 11.8 Å². The fourth-order valence-electron chi connectivity index (χ4n) is 2.35. The summed E-state index contributed by atoms with van der Waals surface area (Å²) in [6.07, 6.45) is 8.70. The second-order valence-corrected chi connectivity index (χ2v) is 11.3. The van der Waals surface area contributed by atoms with Gasteiger partial charge in [0.05, 0.1) is 0 Å². The maximum absolute atomic E-state index is 2.43. The molecule has 0 aromatic carbocycles. The van der Waals surface area contributed by atoms with E-state index < -0.39 is 0 Å². The van der Waals surface area contributed by atoms with Gasteiger partial charge in [0, 0.05) is 0 Å². The van der Waals surface area contributed by atoms with Crippen LogP contribution in [0.5, 0.6) is 0 Å². The zero-order valence-corrected chi connectivity index (χ0v) is 17.6. The van der Waals surface area contributed by atoms with Crippen molar-refractivity contribution in [2.24, 2.45) is 11.8 Å². The Morgan fingerprint density at radius 2 is 1.33 bits per heavy atom. The van der Waals surface area contributed by atoms with Gasteiger partial charge in [0.25, 0.3) is 0 Å². The monoisotopic (exact) mass is 320 g/mol. The van der Waals surface area contributed by atoms with Crippen LogP contribution in [0.25, 0.3) is 0 Å². The predicted octanol–water partition coefficient (Wildman–Crippen LogP) is 4.18. The van der Waals surface area contributed by atoms with Gasteiger partial charge in [-0.15, -0.1) is 0 Å². The Hall–Kier alpha value is 0.799. The van der Waals surface area contributed by atoms with Crippen LogP contribution >= 0.6 is 0 Å². The third-order valence-corrected chi connectivity index (χ3v) is 12.5. The van der Waals surface area contributed by atoms with Crippen molar-refractivity contribution in [3.8, 4) is 0 Å². The molecule has 0 aliphatic heterocycles. The minimum atomic E-state index is 0.758. The summed E-state index contributed by atoms with van der Waals surface area (Å²) in [5.41, 5.74) is 0. The van der Waals surface area contributed by atoms with Crippen LogP contribution in [-0.4, -0.2) is 22.5 Å². The van der Waals surface area contributed by atoms with E-state index in [-0.39, 0.29) is 0 Å². The van der Waals surface area contributed by atoms with Crippen LogP contribution in [0.1, 0.15) is 73.1 Å². The quantitative estimate of drug-likeness (QED) is 0.465. The van der Waals surface area contributed by atoms with Gasteiger partial charge in [0.1, 0.15) is 0 Å². The Labute approximate surface area is 111 Å². The van der Waals surface area contributed by atoms with E-state index in [1.165, 1.54) is 38.5 Å². The molecule has 0 spiro atoms. The van der Waals surface area contributed by atoms with E-state index in [9.17, 15) is 0 Å². The zero-order valence-electron chi connectivity index (χ0n) is 11.9. The third-order valence-electron chi connectivity index (χ3n) is 4.46. The predicted molar refractivity (Wildman–Crippen MR) is 75.7 cm³/mol. The standard InChI is InChI=1S/C14H29.Sn.3H/c1-6-7-8-9-10-11-14(12(2)3)13(4)5;;;;/h12-13H,6-11H2,1-5H3;;;;. The number of hydrogen-bond acceptors (Lipinski definition) is 0. The average molecular weight is 319 g/mol. The van der Waals surface area contributed by atoms with Crippen LogP contribution in [0.3, 0.4) is 0 Å². The van der Waals surface area contributed by atoms with Gasteiger partial charge in [-0.1, -0.05) is 0 Å². The summed E-state index contributed by atoms with van der Waals surface area (Å²) in [6, 6.07) is 0. The molecule has 0 heterocycles. The van der Waals surface area contributed by atoms with Crippen molar-refractivity contribution < 1.29 is 0 Å². The average Bonchev–Trinajstić information content (AvgIpc) is 2.16. The molecule has 0 aromatic heterocycles. The second kappa shape index (κ2) is 7.97. The van der Waals surface area contributed by atoms with Gasteiger partial charge in [-0.05, 0) is 0 Å². The summed E-state index contributed by atoms with van der Waals surface area (Å²) in [6.45, 7) is 12.0. The summed E-state index contributed by atoms with van der Waals surface area (Å²) in [7, 11) is 0. The molecular weight excluding hydrogens is 287 g/mol. The molecule has 0 N–H and O–H groups in total. The van der Waals surface area contributed by atoms with Gasteiger partial charge in [-0.25, -0.2) is 0 Å². The topological polar surface area (TPSA) is 0 Å². The minimum absolute atomic E-state index is 0.758. The van der Waals surface area contributed by atoms with Crippen molar-refractivity contribution in [3.05, 3.63) is 0 Å². The van der Waals surface area contributed by atoms with Gasteiger partial charge in [-0.2, -0.15) is 0 Å². The van der Waals surface area contributed by atoms with E-state index in [0.29, 0.717) is 0 Å².